The Morgan fingerprint density at radius 2 is 1.55 bits per heavy atom. The van der Waals surface area contributed by atoms with Crippen LogP contribution < -0.4 is 9.47 Å². The summed E-state index contributed by atoms with van der Waals surface area (Å²) < 4.78 is 15.4. The van der Waals surface area contributed by atoms with Gasteiger partial charge in [0.05, 0.1) is 38.5 Å². The van der Waals surface area contributed by atoms with Crippen LogP contribution in [0.15, 0.2) is 78.5 Å². The molecule has 0 spiro atoms. The number of rotatable bonds is 8. The molecular formula is C31H28N2O7. The van der Waals surface area contributed by atoms with Gasteiger partial charge in [-0.15, -0.1) is 0 Å². The van der Waals surface area contributed by atoms with Gasteiger partial charge in [0.15, 0.2) is 0 Å². The molecule has 5 rings (SSSR count). The van der Waals surface area contributed by atoms with E-state index in [1.807, 2.05) is 24.4 Å². The second-order valence-corrected chi connectivity index (χ2v) is 9.31. The number of Topliss-reactive ketones (excluding diaryl/α,β-unsaturated/α-hetero) is 1. The summed E-state index contributed by atoms with van der Waals surface area (Å²) in [5.41, 5.74) is 3.12. The Kier molecular flexibility index (Phi) is 7.29. The monoisotopic (exact) mass is 540 g/mol. The number of carbonyl (C=O) groups is 3. The van der Waals surface area contributed by atoms with Crippen LogP contribution in [0.3, 0.4) is 0 Å². The number of amides is 1. The summed E-state index contributed by atoms with van der Waals surface area (Å²) in [7, 11) is 4.42. The fourth-order valence-corrected chi connectivity index (χ4v) is 5.01. The molecule has 3 aromatic carbocycles. The Balaban J connectivity index is 1.55. The first-order chi connectivity index (χ1) is 19.4. The third-order valence-electron chi connectivity index (χ3n) is 7.15. The highest BCUT2D eigenvalue weighted by atomic mass is 16.5. The molecule has 1 aliphatic heterocycles. The average molecular weight is 541 g/mol. The number of ketones is 1. The van der Waals surface area contributed by atoms with Crippen LogP contribution in [-0.2, 0) is 20.7 Å². The third-order valence-corrected chi connectivity index (χ3v) is 7.15. The summed E-state index contributed by atoms with van der Waals surface area (Å²) >= 11 is 0. The molecule has 0 aliphatic carbocycles. The summed E-state index contributed by atoms with van der Waals surface area (Å²) in [6, 6.07) is 17.9. The second kappa shape index (κ2) is 11.0. The number of nitrogens with zero attached hydrogens (tertiary/aromatic N) is 1. The lowest BCUT2D eigenvalue weighted by molar-refractivity contribution is -0.139. The van der Waals surface area contributed by atoms with Crippen molar-refractivity contribution in [2.24, 2.45) is 0 Å². The quantitative estimate of drug-likeness (QED) is 0.145. The highest BCUT2D eigenvalue weighted by Gasteiger charge is 2.46. The normalized spacial score (nSPS) is 16.4. The van der Waals surface area contributed by atoms with Crippen LogP contribution in [-0.4, -0.2) is 60.5 Å². The van der Waals surface area contributed by atoms with Crippen molar-refractivity contribution in [3.8, 4) is 11.5 Å². The van der Waals surface area contributed by atoms with Gasteiger partial charge in [0.2, 0.25) is 0 Å². The zero-order valence-corrected chi connectivity index (χ0v) is 22.3. The van der Waals surface area contributed by atoms with E-state index in [4.69, 9.17) is 14.2 Å². The lowest BCUT2D eigenvalue weighted by Gasteiger charge is -2.25. The lowest BCUT2D eigenvalue weighted by atomic mass is 9.94. The van der Waals surface area contributed by atoms with Gasteiger partial charge in [-0.1, -0.05) is 12.1 Å². The molecule has 40 heavy (non-hydrogen) atoms. The number of likely N-dealkylation sites (tertiary alicyclic amines) is 1. The Morgan fingerprint density at radius 3 is 2.20 bits per heavy atom. The molecule has 0 radical (unpaired) electrons. The topological polar surface area (TPSA) is 118 Å². The number of aromatic amines is 1. The van der Waals surface area contributed by atoms with Crippen LogP contribution in [0, 0.1) is 0 Å². The number of nitrogens with one attached hydrogen (secondary N) is 1. The Hall–Kier alpha value is -5.05. The molecule has 0 unspecified atom stereocenters. The van der Waals surface area contributed by atoms with Gasteiger partial charge in [-0.2, -0.15) is 0 Å². The standard InChI is InChI=1S/C31H28N2O7/c1-38-22-10-8-19(9-11-22)28(34)26-27(18-4-6-20(7-5-18)31(37)40-3)33(30(36)29(26)35)15-14-21-17-32-25-13-12-23(39-2)16-24(21)25/h4-13,16-17,27,32,34H,14-15H2,1-3H3/t27-/m1/s1. The summed E-state index contributed by atoms with van der Waals surface area (Å²) in [4.78, 5) is 43.5. The van der Waals surface area contributed by atoms with Crippen molar-refractivity contribution >= 4 is 34.3 Å². The molecule has 1 fully saturated rings. The average Bonchev–Trinajstić information content (AvgIpc) is 3.52. The smallest absolute Gasteiger partial charge is 0.337 e. The fraction of sp³-hybridized carbons (Fsp3) is 0.194. The zero-order chi connectivity index (χ0) is 28.4. The maximum atomic E-state index is 13.4. The van der Waals surface area contributed by atoms with Gasteiger partial charge in [-0.25, -0.2) is 4.79 Å². The van der Waals surface area contributed by atoms with Crippen LogP contribution in [0.25, 0.3) is 16.7 Å². The molecule has 4 aromatic rings. The van der Waals surface area contributed by atoms with Gasteiger partial charge in [0, 0.05) is 29.2 Å². The van der Waals surface area contributed by atoms with Gasteiger partial charge in [-0.05, 0) is 72.1 Å². The molecule has 9 heteroatoms. The van der Waals surface area contributed by atoms with Crippen molar-refractivity contribution in [2.45, 2.75) is 12.5 Å². The number of esters is 1. The first kappa shape index (κ1) is 26.6. The number of hydrogen-bond donors (Lipinski definition) is 2. The number of aromatic nitrogens is 1. The van der Waals surface area contributed by atoms with Crippen LogP contribution in [0.5, 0.6) is 11.5 Å². The Labute approximate surface area is 230 Å². The van der Waals surface area contributed by atoms with E-state index in [-0.39, 0.29) is 17.9 Å². The first-order valence-corrected chi connectivity index (χ1v) is 12.6. The van der Waals surface area contributed by atoms with E-state index in [0.29, 0.717) is 34.6 Å². The van der Waals surface area contributed by atoms with E-state index in [1.165, 1.54) is 19.1 Å². The van der Waals surface area contributed by atoms with Gasteiger partial charge in [0.1, 0.15) is 17.3 Å². The maximum Gasteiger partial charge on any atom is 0.337 e. The molecule has 204 valence electrons. The van der Waals surface area contributed by atoms with Crippen LogP contribution in [0.4, 0.5) is 0 Å². The van der Waals surface area contributed by atoms with Crippen molar-refractivity contribution in [2.75, 3.05) is 27.9 Å². The Bertz CT molecular complexity index is 1620. The van der Waals surface area contributed by atoms with E-state index in [0.717, 1.165) is 16.5 Å². The first-order valence-electron chi connectivity index (χ1n) is 12.6. The number of aliphatic hydroxyl groups is 1. The summed E-state index contributed by atoms with van der Waals surface area (Å²) in [5.74, 6) is -0.997. The van der Waals surface area contributed by atoms with Gasteiger partial charge in [0.25, 0.3) is 11.7 Å². The molecular weight excluding hydrogens is 512 g/mol. The van der Waals surface area contributed by atoms with Crippen molar-refractivity contribution in [1.29, 1.82) is 0 Å². The van der Waals surface area contributed by atoms with Crippen molar-refractivity contribution in [3.63, 3.8) is 0 Å². The van der Waals surface area contributed by atoms with Crippen molar-refractivity contribution in [1.82, 2.24) is 9.88 Å². The number of hydrogen-bond acceptors (Lipinski definition) is 7. The minimum absolute atomic E-state index is 0.0263. The molecule has 2 heterocycles. The molecule has 0 saturated carbocycles. The number of H-pyrrole nitrogens is 1. The molecule has 9 nitrogen and oxygen atoms in total. The van der Waals surface area contributed by atoms with Gasteiger partial charge >= 0.3 is 5.97 Å². The van der Waals surface area contributed by atoms with E-state index < -0.39 is 23.7 Å². The summed E-state index contributed by atoms with van der Waals surface area (Å²) in [6.07, 6.45) is 2.32. The van der Waals surface area contributed by atoms with Gasteiger partial charge < -0.3 is 29.2 Å². The largest absolute Gasteiger partial charge is 0.507 e. The van der Waals surface area contributed by atoms with Gasteiger partial charge in [-0.3, -0.25) is 9.59 Å². The molecule has 1 atom stereocenters. The molecule has 0 bridgehead atoms. The predicted molar refractivity (Wildman–Crippen MR) is 148 cm³/mol. The summed E-state index contributed by atoms with van der Waals surface area (Å²) in [5, 5.41) is 12.3. The minimum atomic E-state index is -0.867. The maximum absolute atomic E-state index is 13.4. The predicted octanol–water partition coefficient (Wildman–Crippen LogP) is 4.64. The number of aliphatic hydroxyl groups excluding tert-OH is 1. The van der Waals surface area contributed by atoms with Crippen molar-refractivity contribution < 1.29 is 33.7 Å². The van der Waals surface area contributed by atoms with Crippen LogP contribution in [0.1, 0.15) is 33.1 Å². The molecule has 1 amide bonds. The zero-order valence-electron chi connectivity index (χ0n) is 22.3. The lowest BCUT2D eigenvalue weighted by Crippen LogP contribution is -2.31. The number of methoxy groups -OCH3 is 3. The van der Waals surface area contributed by atoms with Crippen LogP contribution >= 0.6 is 0 Å². The Morgan fingerprint density at radius 1 is 0.900 bits per heavy atom. The number of ether oxygens (including phenoxy) is 3. The third kappa shape index (κ3) is 4.77. The second-order valence-electron chi connectivity index (χ2n) is 9.31. The van der Waals surface area contributed by atoms with E-state index in [2.05, 4.69) is 4.98 Å². The molecule has 2 N–H and O–H groups in total. The minimum Gasteiger partial charge on any atom is -0.507 e. The number of carbonyl (C=O) groups excluding carboxylic acids is 3. The highest BCUT2D eigenvalue weighted by molar-refractivity contribution is 6.46. The SMILES string of the molecule is COC(=O)c1ccc([C@@H]2C(=C(O)c3ccc(OC)cc3)C(=O)C(=O)N2CCc2c[nH]c3ccc(OC)cc23)cc1. The van der Waals surface area contributed by atoms with E-state index in [9.17, 15) is 19.5 Å². The van der Waals surface area contributed by atoms with E-state index >= 15 is 0 Å². The number of fused-ring (bicyclic) bond motifs is 1. The van der Waals surface area contributed by atoms with E-state index in [1.54, 1.807) is 55.6 Å². The number of benzene rings is 3. The molecule has 1 aliphatic rings. The fourth-order valence-electron chi connectivity index (χ4n) is 5.01. The molecule has 1 aromatic heterocycles. The highest BCUT2D eigenvalue weighted by Crippen LogP contribution is 2.40. The molecule has 1 saturated heterocycles. The van der Waals surface area contributed by atoms with Crippen LogP contribution in [0.2, 0.25) is 0 Å². The summed E-state index contributed by atoms with van der Waals surface area (Å²) in [6.45, 7) is 0.206. The van der Waals surface area contributed by atoms with Crippen molar-refractivity contribution in [3.05, 3.63) is 101 Å².